The average molecular weight is 207 g/mol. The molecule has 5 atom stereocenters. The zero-order chi connectivity index (χ0) is 10.7. The summed E-state index contributed by atoms with van der Waals surface area (Å²) in [5, 5.41) is 0. The first kappa shape index (κ1) is 9.37. The van der Waals surface area contributed by atoms with Crippen molar-refractivity contribution in [2.24, 2.45) is 29.6 Å². The van der Waals surface area contributed by atoms with Crippen LogP contribution in [0.25, 0.3) is 0 Å². The highest BCUT2D eigenvalue weighted by molar-refractivity contribution is 6.05. The van der Waals surface area contributed by atoms with Gasteiger partial charge < -0.3 is 0 Å². The molecule has 1 heterocycles. The van der Waals surface area contributed by atoms with Gasteiger partial charge in [-0.15, -0.1) is 0 Å². The van der Waals surface area contributed by atoms with Gasteiger partial charge in [-0.1, -0.05) is 13.3 Å². The van der Waals surface area contributed by atoms with E-state index in [2.05, 4.69) is 6.92 Å². The summed E-state index contributed by atoms with van der Waals surface area (Å²) in [6.07, 6.45) is 3.46. The van der Waals surface area contributed by atoms with Gasteiger partial charge >= 0.3 is 0 Å². The Kier molecular flexibility index (Phi) is 1.77. The number of imide groups is 1. The maximum Gasteiger partial charge on any atom is 0.233 e. The maximum atomic E-state index is 12.0. The minimum atomic E-state index is 0.0474. The lowest BCUT2D eigenvalue weighted by atomic mass is 9.74. The van der Waals surface area contributed by atoms with Crippen molar-refractivity contribution in [3.05, 3.63) is 0 Å². The average Bonchev–Trinajstić information content (AvgIpc) is 2.86. The minimum absolute atomic E-state index is 0.0474. The first-order valence-corrected chi connectivity index (χ1v) is 5.96. The summed E-state index contributed by atoms with van der Waals surface area (Å²) in [4.78, 5) is 25.2. The first-order valence-electron chi connectivity index (χ1n) is 5.96. The Morgan fingerprint density at radius 1 is 1.20 bits per heavy atom. The van der Waals surface area contributed by atoms with E-state index in [1.54, 1.807) is 7.05 Å². The summed E-state index contributed by atoms with van der Waals surface area (Å²) in [6.45, 7) is 2.20. The number of fused-ring (bicyclic) bond motifs is 5. The summed E-state index contributed by atoms with van der Waals surface area (Å²) in [6, 6.07) is 0. The van der Waals surface area contributed by atoms with Gasteiger partial charge in [-0.05, 0) is 30.6 Å². The molecule has 0 spiro atoms. The number of likely N-dealkylation sites (tertiary alicyclic amines) is 1. The van der Waals surface area contributed by atoms with Crippen LogP contribution in [0.2, 0.25) is 0 Å². The van der Waals surface area contributed by atoms with Crippen LogP contribution in [-0.4, -0.2) is 23.8 Å². The Balaban J connectivity index is 1.96. The van der Waals surface area contributed by atoms with Gasteiger partial charge in [-0.25, -0.2) is 0 Å². The molecule has 15 heavy (non-hydrogen) atoms. The quantitative estimate of drug-likeness (QED) is 0.607. The van der Waals surface area contributed by atoms with Gasteiger partial charge in [0.2, 0.25) is 11.8 Å². The lowest BCUT2D eigenvalue weighted by Crippen LogP contribution is -2.30. The number of nitrogens with zero attached hydrogens (tertiary/aromatic N) is 1. The summed E-state index contributed by atoms with van der Waals surface area (Å²) >= 11 is 0. The van der Waals surface area contributed by atoms with E-state index in [0.717, 1.165) is 12.8 Å². The summed E-state index contributed by atoms with van der Waals surface area (Å²) in [7, 11) is 1.64. The van der Waals surface area contributed by atoms with Gasteiger partial charge in [-0.3, -0.25) is 14.5 Å². The Morgan fingerprint density at radius 3 is 2.53 bits per heavy atom. The lowest BCUT2D eigenvalue weighted by Gasteiger charge is -2.27. The van der Waals surface area contributed by atoms with E-state index in [4.69, 9.17) is 0 Å². The molecule has 0 N–H and O–H groups in total. The Bertz CT molecular complexity index is 339. The van der Waals surface area contributed by atoms with Crippen LogP contribution in [-0.2, 0) is 9.59 Å². The molecule has 0 aromatic heterocycles. The predicted octanol–water partition coefficient (Wildman–Crippen LogP) is 1.28. The summed E-state index contributed by atoms with van der Waals surface area (Å²) in [5.74, 6) is 1.99. The van der Waals surface area contributed by atoms with E-state index in [9.17, 15) is 9.59 Å². The minimum Gasteiger partial charge on any atom is -0.285 e. The van der Waals surface area contributed by atoms with Crippen molar-refractivity contribution in [1.29, 1.82) is 0 Å². The second-order valence-corrected chi connectivity index (χ2v) is 5.35. The molecule has 0 aromatic carbocycles. The molecule has 3 fully saturated rings. The molecule has 3 heteroatoms. The van der Waals surface area contributed by atoms with E-state index in [-0.39, 0.29) is 23.7 Å². The molecule has 82 valence electrons. The fourth-order valence-electron chi connectivity index (χ4n) is 4.21. The van der Waals surface area contributed by atoms with E-state index in [1.165, 1.54) is 11.3 Å². The largest absolute Gasteiger partial charge is 0.285 e. The van der Waals surface area contributed by atoms with Gasteiger partial charge in [0.25, 0.3) is 0 Å². The van der Waals surface area contributed by atoms with Crippen LogP contribution in [0.5, 0.6) is 0 Å². The standard InChI is InChI=1S/C12H17NO2/c1-3-6-4-7-5-8(6)10-9(7)11(14)13(2)12(10)15/h6-10H,3-5H2,1-2H3/t6?,7-,8-,9+,10-/m1/s1. The number of carbonyl (C=O) groups is 2. The third-order valence-corrected chi connectivity index (χ3v) is 4.90. The normalized spacial score (nSPS) is 47.9. The van der Waals surface area contributed by atoms with Gasteiger partial charge in [0, 0.05) is 7.05 Å². The molecular weight excluding hydrogens is 190 g/mol. The zero-order valence-corrected chi connectivity index (χ0v) is 9.27. The number of amides is 2. The Morgan fingerprint density at radius 2 is 1.87 bits per heavy atom. The lowest BCUT2D eigenvalue weighted by molar-refractivity contribution is -0.139. The first-order chi connectivity index (χ1) is 7.15. The molecule has 1 saturated heterocycles. The molecule has 3 aliphatic rings. The van der Waals surface area contributed by atoms with Crippen LogP contribution in [0.1, 0.15) is 26.2 Å². The SMILES string of the molecule is CCC1C[C@@H]2C[C@H]1[C@H]1C(=O)N(C)C(=O)[C@@H]21. The van der Waals surface area contributed by atoms with Gasteiger partial charge in [0.1, 0.15) is 0 Å². The molecule has 2 aliphatic carbocycles. The van der Waals surface area contributed by atoms with Crippen molar-refractivity contribution in [2.45, 2.75) is 26.2 Å². The van der Waals surface area contributed by atoms with Crippen LogP contribution < -0.4 is 0 Å². The molecule has 1 unspecified atom stereocenters. The molecule has 1 aliphatic heterocycles. The molecule has 2 bridgehead atoms. The van der Waals surface area contributed by atoms with E-state index in [0.29, 0.717) is 17.8 Å². The number of carbonyl (C=O) groups excluding carboxylic acids is 2. The van der Waals surface area contributed by atoms with Crippen LogP contribution in [0.3, 0.4) is 0 Å². The smallest absolute Gasteiger partial charge is 0.233 e. The topological polar surface area (TPSA) is 37.4 Å². The fourth-order valence-corrected chi connectivity index (χ4v) is 4.21. The van der Waals surface area contributed by atoms with E-state index >= 15 is 0 Å². The number of hydrogen-bond donors (Lipinski definition) is 0. The third kappa shape index (κ3) is 0.963. The van der Waals surface area contributed by atoms with E-state index in [1.807, 2.05) is 0 Å². The van der Waals surface area contributed by atoms with Crippen LogP contribution in [0, 0.1) is 29.6 Å². The highest BCUT2D eigenvalue weighted by Crippen LogP contribution is 2.59. The molecule has 0 aromatic rings. The van der Waals surface area contributed by atoms with Crippen LogP contribution >= 0.6 is 0 Å². The molecule has 3 rings (SSSR count). The second-order valence-electron chi connectivity index (χ2n) is 5.35. The molecular formula is C12H17NO2. The van der Waals surface area contributed by atoms with Crippen molar-refractivity contribution in [3.8, 4) is 0 Å². The second kappa shape index (κ2) is 2.83. The third-order valence-electron chi connectivity index (χ3n) is 4.90. The van der Waals surface area contributed by atoms with Crippen LogP contribution in [0.4, 0.5) is 0 Å². The van der Waals surface area contributed by atoms with Crippen molar-refractivity contribution in [2.75, 3.05) is 7.05 Å². The number of hydrogen-bond acceptors (Lipinski definition) is 2. The fraction of sp³-hybridized carbons (Fsp3) is 0.833. The monoisotopic (exact) mass is 207 g/mol. The molecule has 2 amide bonds. The van der Waals surface area contributed by atoms with Gasteiger partial charge in [0.15, 0.2) is 0 Å². The van der Waals surface area contributed by atoms with Crippen molar-refractivity contribution in [3.63, 3.8) is 0 Å². The highest BCUT2D eigenvalue weighted by atomic mass is 16.2. The number of rotatable bonds is 1. The molecule has 2 saturated carbocycles. The zero-order valence-electron chi connectivity index (χ0n) is 9.27. The van der Waals surface area contributed by atoms with E-state index < -0.39 is 0 Å². The van der Waals surface area contributed by atoms with Crippen molar-refractivity contribution in [1.82, 2.24) is 4.90 Å². The Labute approximate surface area is 89.8 Å². The predicted molar refractivity (Wildman–Crippen MR) is 54.8 cm³/mol. The van der Waals surface area contributed by atoms with Crippen molar-refractivity contribution >= 4 is 11.8 Å². The molecule has 3 nitrogen and oxygen atoms in total. The molecule has 0 radical (unpaired) electrons. The van der Waals surface area contributed by atoms with Crippen molar-refractivity contribution < 1.29 is 9.59 Å². The highest BCUT2D eigenvalue weighted by Gasteiger charge is 2.62. The summed E-state index contributed by atoms with van der Waals surface area (Å²) < 4.78 is 0. The van der Waals surface area contributed by atoms with Gasteiger partial charge in [-0.2, -0.15) is 0 Å². The Hall–Kier alpha value is -0.860. The summed E-state index contributed by atoms with van der Waals surface area (Å²) in [5.41, 5.74) is 0. The maximum absolute atomic E-state index is 12.0. The van der Waals surface area contributed by atoms with Crippen LogP contribution in [0.15, 0.2) is 0 Å². The van der Waals surface area contributed by atoms with Gasteiger partial charge in [0.05, 0.1) is 11.8 Å².